The molecule has 3 rings (SSSR count). The number of fused-ring (bicyclic) bond motifs is 1. The van der Waals surface area contributed by atoms with E-state index in [-0.39, 0.29) is 0 Å². The van der Waals surface area contributed by atoms with E-state index in [1.807, 2.05) is 11.7 Å². The summed E-state index contributed by atoms with van der Waals surface area (Å²) in [6.07, 6.45) is 7.38. The molecule has 0 amide bonds. The van der Waals surface area contributed by atoms with Crippen LogP contribution in [0.2, 0.25) is 0 Å². The third kappa shape index (κ3) is 2.28. The number of aryl methyl sites for hydroxylation is 2. The minimum absolute atomic E-state index is 0.376. The molecule has 112 valence electrons. The highest BCUT2D eigenvalue weighted by molar-refractivity contribution is 5.67. The second-order valence-corrected chi connectivity index (χ2v) is 6.01. The Morgan fingerprint density at radius 2 is 2.15 bits per heavy atom. The van der Waals surface area contributed by atoms with Gasteiger partial charge < -0.3 is 15.4 Å². The average molecular weight is 278 g/mol. The van der Waals surface area contributed by atoms with Crippen LogP contribution in [0.25, 0.3) is 0 Å². The van der Waals surface area contributed by atoms with Gasteiger partial charge in [-0.15, -0.1) is 0 Å². The fourth-order valence-electron chi connectivity index (χ4n) is 3.71. The molecule has 0 spiro atoms. The first kappa shape index (κ1) is 13.7. The molecule has 1 aliphatic heterocycles. The van der Waals surface area contributed by atoms with Crippen molar-refractivity contribution >= 4 is 11.5 Å². The number of nitrogens with zero attached hydrogens (tertiary/aromatic N) is 3. The maximum absolute atomic E-state index is 6.38. The Hall–Kier alpha value is -1.23. The number of rotatable bonds is 3. The molecule has 2 N–H and O–H groups in total. The van der Waals surface area contributed by atoms with Gasteiger partial charge in [0.1, 0.15) is 0 Å². The molecule has 2 heterocycles. The summed E-state index contributed by atoms with van der Waals surface area (Å²) in [6, 6.07) is 0.477. The Balaban J connectivity index is 1.90. The van der Waals surface area contributed by atoms with E-state index in [0.29, 0.717) is 12.1 Å². The summed E-state index contributed by atoms with van der Waals surface area (Å²) < 4.78 is 7.93. The van der Waals surface area contributed by atoms with Gasteiger partial charge in [0.15, 0.2) is 5.82 Å². The van der Waals surface area contributed by atoms with Gasteiger partial charge in [0, 0.05) is 13.6 Å². The van der Waals surface area contributed by atoms with E-state index in [2.05, 4.69) is 16.9 Å². The molecule has 1 aliphatic carbocycles. The second kappa shape index (κ2) is 5.64. The quantitative estimate of drug-likeness (QED) is 0.920. The number of ether oxygens (including phenoxy) is 1. The number of hydrogen-bond donors (Lipinski definition) is 1. The van der Waals surface area contributed by atoms with Crippen molar-refractivity contribution in [3.8, 4) is 0 Å². The molecule has 1 aromatic rings. The van der Waals surface area contributed by atoms with Crippen molar-refractivity contribution in [2.45, 2.75) is 57.6 Å². The Bertz CT molecular complexity index is 469. The molecule has 5 nitrogen and oxygen atoms in total. The molecule has 1 saturated carbocycles. The minimum Gasteiger partial charge on any atom is -0.394 e. The summed E-state index contributed by atoms with van der Waals surface area (Å²) in [5, 5.41) is 4.62. The topological polar surface area (TPSA) is 56.3 Å². The van der Waals surface area contributed by atoms with Crippen molar-refractivity contribution in [3.63, 3.8) is 0 Å². The first-order chi connectivity index (χ1) is 9.72. The monoisotopic (exact) mass is 278 g/mol. The van der Waals surface area contributed by atoms with Gasteiger partial charge in [0.25, 0.3) is 0 Å². The highest BCUT2D eigenvalue weighted by Crippen LogP contribution is 2.35. The highest BCUT2D eigenvalue weighted by atomic mass is 16.5. The van der Waals surface area contributed by atoms with Crippen LogP contribution in [0.4, 0.5) is 11.5 Å². The van der Waals surface area contributed by atoms with Crippen LogP contribution in [0.15, 0.2) is 0 Å². The third-order valence-corrected chi connectivity index (χ3v) is 4.62. The predicted molar refractivity (Wildman–Crippen MR) is 81.0 cm³/mol. The van der Waals surface area contributed by atoms with Crippen LogP contribution in [0.1, 0.15) is 44.7 Å². The lowest BCUT2D eigenvalue weighted by Gasteiger charge is -2.44. The van der Waals surface area contributed by atoms with Crippen molar-refractivity contribution in [2.24, 2.45) is 7.05 Å². The van der Waals surface area contributed by atoms with Crippen molar-refractivity contribution in [1.29, 1.82) is 0 Å². The van der Waals surface area contributed by atoms with E-state index in [1.54, 1.807) is 0 Å². The number of nitrogens with two attached hydrogens (primary N) is 1. The van der Waals surface area contributed by atoms with Crippen LogP contribution in [-0.2, 0) is 18.2 Å². The van der Waals surface area contributed by atoms with Crippen molar-refractivity contribution < 1.29 is 4.74 Å². The lowest BCUT2D eigenvalue weighted by atomic mass is 9.90. The van der Waals surface area contributed by atoms with Gasteiger partial charge in [-0.2, -0.15) is 5.10 Å². The zero-order chi connectivity index (χ0) is 14.1. The molecule has 5 heteroatoms. The molecule has 0 radical (unpaired) electrons. The van der Waals surface area contributed by atoms with Gasteiger partial charge in [0.05, 0.1) is 30.1 Å². The fourth-order valence-corrected chi connectivity index (χ4v) is 3.71. The fraction of sp³-hybridized carbons (Fsp3) is 0.800. The molecule has 20 heavy (non-hydrogen) atoms. The van der Waals surface area contributed by atoms with E-state index in [0.717, 1.165) is 43.2 Å². The summed E-state index contributed by atoms with van der Waals surface area (Å²) in [5.41, 5.74) is 8.30. The number of hydrogen-bond acceptors (Lipinski definition) is 4. The number of aromatic nitrogens is 2. The molecule has 2 fully saturated rings. The van der Waals surface area contributed by atoms with E-state index < -0.39 is 0 Å². The van der Waals surface area contributed by atoms with E-state index in [1.165, 1.54) is 25.7 Å². The lowest BCUT2D eigenvalue weighted by molar-refractivity contribution is -0.00918. The first-order valence-corrected chi connectivity index (χ1v) is 7.92. The molecule has 0 bridgehead atoms. The molecular weight excluding hydrogens is 252 g/mol. The predicted octanol–water partition coefficient (Wildman–Crippen LogP) is 2.10. The number of nitrogen functional groups attached to an aromatic ring is 1. The maximum atomic E-state index is 6.38. The van der Waals surface area contributed by atoms with Crippen molar-refractivity contribution in [3.05, 3.63) is 5.69 Å². The average Bonchev–Trinajstić information content (AvgIpc) is 2.74. The smallest absolute Gasteiger partial charge is 0.150 e. The Labute approximate surface area is 121 Å². The summed E-state index contributed by atoms with van der Waals surface area (Å²) in [6.45, 7) is 3.89. The molecular formula is C15H26N4O. The Morgan fingerprint density at radius 3 is 2.95 bits per heavy atom. The molecule has 1 saturated heterocycles. The molecule has 2 aliphatic rings. The summed E-state index contributed by atoms with van der Waals surface area (Å²) in [7, 11) is 2.01. The molecule has 2 atom stereocenters. The van der Waals surface area contributed by atoms with E-state index >= 15 is 0 Å². The molecule has 1 aromatic heterocycles. The third-order valence-electron chi connectivity index (χ3n) is 4.62. The van der Waals surface area contributed by atoms with Crippen LogP contribution in [0.3, 0.4) is 0 Å². The van der Waals surface area contributed by atoms with Crippen LogP contribution in [0.5, 0.6) is 0 Å². The first-order valence-electron chi connectivity index (χ1n) is 7.92. The maximum Gasteiger partial charge on any atom is 0.150 e. The van der Waals surface area contributed by atoms with Crippen LogP contribution < -0.4 is 10.6 Å². The van der Waals surface area contributed by atoms with Gasteiger partial charge in [0.2, 0.25) is 0 Å². The van der Waals surface area contributed by atoms with Gasteiger partial charge in [-0.1, -0.05) is 26.2 Å². The Morgan fingerprint density at radius 1 is 1.35 bits per heavy atom. The largest absolute Gasteiger partial charge is 0.394 e. The van der Waals surface area contributed by atoms with Crippen LogP contribution >= 0.6 is 0 Å². The van der Waals surface area contributed by atoms with Crippen molar-refractivity contribution in [2.75, 3.05) is 23.8 Å². The van der Waals surface area contributed by atoms with Crippen LogP contribution in [-0.4, -0.2) is 35.1 Å². The van der Waals surface area contributed by atoms with Gasteiger partial charge in [-0.25, -0.2) is 0 Å². The van der Waals surface area contributed by atoms with Gasteiger partial charge in [-0.05, 0) is 19.3 Å². The van der Waals surface area contributed by atoms with Crippen LogP contribution in [0, 0.1) is 0 Å². The summed E-state index contributed by atoms with van der Waals surface area (Å²) in [5.74, 6) is 1.11. The zero-order valence-electron chi connectivity index (χ0n) is 12.6. The van der Waals surface area contributed by atoms with Gasteiger partial charge in [-0.3, -0.25) is 4.68 Å². The number of anilines is 2. The van der Waals surface area contributed by atoms with Crippen molar-refractivity contribution in [1.82, 2.24) is 9.78 Å². The summed E-state index contributed by atoms with van der Waals surface area (Å²) in [4.78, 5) is 2.45. The SMILES string of the molecule is CCCc1nn(C)c(N2CCOC3CCCCC32)c1N. The standard InChI is InChI=1S/C15H26N4O/c1-3-6-11-14(16)15(18(2)17-11)19-9-10-20-13-8-5-4-7-12(13)19/h12-13H,3-10,16H2,1-2H3. The Kier molecular flexibility index (Phi) is 3.87. The molecule has 0 aromatic carbocycles. The lowest BCUT2D eigenvalue weighted by Crippen LogP contribution is -2.53. The minimum atomic E-state index is 0.376. The zero-order valence-corrected chi connectivity index (χ0v) is 12.6. The van der Waals surface area contributed by atoms with E-state index in [4.69, 9.17) is 10.5 Å². The normalized spacial score (nSPS) is 26.6. The van der Waals surface area contributed by atoms with Gasteiger partial charge >= 0.3 is 0 Å². The number of morpholine rings is 1. The molecule has 2 unspecified atom stereocenters. The van der Waals surface area contributed by atoms with E-state index in [9.17, 15) is 0 Å². The summed E-state index contributed by atoms with van der Waals surface area (Å²) >= 11 is 0. The second-order valence-electron chi connectivity index (χ2n) is 6.01. The highest BCUT2D eigenvalue weighted by Gasteiger charge is 2.36.